The third kappa shape index (κ3) is 5.23. The van der Waals surface area contributed by atoms with Crippen molar-refractivity contribution in [3.8, 4) is 0 Å². The molecule has 8 nitrogen and oxygen atoms in total. The van der Waals surface area contributed by atoms with Gasteiger partial charge in [-0.05, 0) is 56.0 Å². The molecule has 2 atom stereocenters. The molecule has 1 saturated heterocycles. The fourth-order valence-electron chi connectivity index (χ4n) is 4.06. The molecule has 0 radical (unpaired) electrons. The first-order valence-electron chi connectivity index (χ1n) is 11.1. The second-order valence-electron chi connectivity index (χ2n) is 7.96. The number of amides is 2. The maximum absolute atomic E-state index is 12.9. The smallest absolute Gasteiger partial charge is 0.274 e. The Kier molecular flexibility index (Phi) is 7.04. The minimum atomic E-state index is -0.211. The van der Waals surface area contributed by atoms with E-state index in [1.807, 2.05) is 43.0 Å². The molecule has 0 bridgehead atoms. The first-order valence-corrected chi connectivity index (χ1v) is 11.1. The van der Waals surface area contributed by atoms with Crippen LogP contribution in [0.4, 0.5) is 5.82 Å². The van der Waals surface area contributed by atoms with Crippen LogP contribution in [-0.4, -0.2) is 50.9 Å². The Labute approximate surface area is 193 Å². The minimum absolute atomic E-state index is 0.0401. The molecule has 1 aliphatic heterocycles. The third-order valence-electron chi connectivity index (χ3n) is 5.87. The lowest BCUT2D eigenvalue weighted by Gasteiger charge is -2.37. The Hall–Kier alpha value is -3.65. The summed E-state index contributed by atoms with van der Waals surface area (Å²) in [7, 11) is 0. The molecule has 1 fully saturated rings. The van der Waals surface area contributed by atoms with E-state index in [1.165, 1.54) is 12.4 Å². The van der Waals surface area contributed by atoms with Gasteiger partial charge < -0.3 is 15.0 Å². The monoisotopic (exact) mass is 445 g/mol. The van der Waals surface area contributed by atoms with Crippen LogP contribution in [0.25, 0.3) is 0 Å². The summed E-state index contributed by atoms with van der Waals surface area (Å²) in [4.78, 5) is 39.8. The van der Waals surface area contributed by atoms with E-state index in [2.05, 4.69) is 20.3 Å². The van der Waals surface area contributed by atoms with Crippen LogP contribution in [0.3, 0.4) is 0 Å². The molecule has 3 heterocycles. The van der Waals surface area contributed by atoms with Gasteiger partial charge in [0, 0.05) is 43.3 Å². The zero-order chi connectivity index (χ0) is 23.2. The molecular formula is C25H27N5O3. The van der Waals surface area contributed by atoms with Crippen molar-refractivity contribution in [1.29, 1.82) is 0 Å². The molecule has 2 aromatic heterocycles. The second-order valence-corrected chi connectivity index (χ2v) is 7.96. The van der Waals surface area contributed by atoms with Crippen molar-refractivity contribution in [3.05, 3.63) is 83.6 Å². The second kappa shape index (κ2) is 10.3. The number of aromatic nitrogens is 3. The minimum Gasteiger partial charge on any atom is -0.373 e. The molecule has 2 amide bonds. The average Bonchev–Trinajstić information content (AvgIpc) is 2.86. The number of anilines is 1. The van der Waals surface area contributed by atoms with Crippen LogP contribution in [-0.2, 0) is 4.74 Å². The number of rotatable bonds is 6. The van der Waals surface area contributed by atoms with E-state index in [9.17, 15) is 9.59 Å². The van der Waals surface area contributed by atoms with Crippen molar-refractivity contribution in [2.24, 2.45) is 0 Å². The lowest BCUT2D eigenvalue weighted by atomic mass is 9.95. The Bertz CT molecular complexity index is 1100. The number of carbonyl (C=O) groups is 2. The molecule has 0 saturated carbocycles. The fraction of sp³-hybridized carbons (Fsp3) is 0.320. The van der Waals surface area contributed by atoms with E-state index in [0.717, 1.165) is 17.5 Å². The zero-order valence-corrected chi connectivity index (χ0v) is 18.8. The first-order chi connectivity index (χ1) is 16.1. The SMILES string of the molecule is CCN(C(=O)c1cnccn1)[C@@H]1CCO[C@H](c2ccc(C(=O)Nc3ncccc3C)cc2)C1. The van der Waals surface area contributed by atoms with Crippen LogP contribution >= 0.6 is 0 Å². The number of nitrogens with zero attached hydrogens (tertiary/aromatic N) is 4. The number of ether oxygens (including phenoxy) is 1. The lowest BCUT2D eigenvalue weighted by Crippen LogP contribution is -2.44. The number of nitrogens with one attached hydrogen (secondary N) is 1. The Balaban J connectivity index is 1.43. The van der Waals surface area contributed by atoms with Gasteiger partial charge in [-0.3, -0.25) is 14.6 Å². The molecule has 0 aliphatic carbocycles. The van der Waals surface area contributed by atoms with Gasteiger partial charge >= 0.3 is 0 Å². The topological polar surface area (TPSA) is 97.3 Å². The Morgan fingerprint density at radius 3 is 2.64 bits per heavy atom. The van der Waals surface area contributed by atoms with Crippen molar-refractivity contribution >= 4 is 17.6 Å². The summed E-state index contributed by atoms with van der Waals surface area (Å²) in [6.07, 6.45) is 7.52. The van der Waals surface area contributed by atoms with Crippen LogP contribution < -0.4 is 5.32 Å². The molecule has 0 unspecified atom stereocenters. The number of benzene rings is 1. The maximum atomic E-state index is 12.9. The van der Waals surface area contributed by atoms with E-state index in [4.69, 9.17) is 4.74 Å². The van der Waals surface area contributed by atoms with Crippen LogP contribution in [0.15, 0.2) is 61.2 Å². The molecule has 33 heavy (non-hydrogen) atoms. The highest BCUT2D eigenvalue weighted by Crippen LogP contribution is 2.31. The van der Waals surface area contributed by atoms with Gasteiger partial charge in [-0.15, -0.1) is 0 Å². The van der Waals surface area contributed by atoms with Gasteiger partial charge in [0.25, 0.3) is 11.8 Å². The molecule has 1 aliphatic rings. The first kappa shape index (κ1) is 22.5. The van der Waals surface area contributed by atoms with Crippen LogP contribution in [0, 0.1) is 6.92 Å². The van der Waals surface area contributed by atoms with Gasteiger partial charge in [0.05, 0.1) is 12.3 Å². The summed E-state index contributed by atoms with van der Waals surface area (Å²) in [5.74, 6) is 0.225. The largest absolute Gasteiger partial charge is 0.373 e. The standard InChI is InChI=1S/C25H27N5O3/c1-3-30(25(32)21-16-26-12-13-27-21)20-10-14-33-22(15-20)18-6-8-19(9-7-18)24(31)29-23-17(2)5-4-11-28-23/h4-9,11-13,16,20,22H,3,10,14-15H2,1-2H3,(H,28,29,31)/t20-,22+/m1/s1. The quantitative estimate of drug-likeness (QED) is 0.620. The molecule has 1 N–H and O–H groups in total. The highest BCUT2D eigenvalue weighted by molar-refractivity contribution is 6.04. The van der Waals surface area contributed by atoms with Gasteiger partial charge in [0.1, 0.15) is 11.5 Å². The maximum Gasteiger partial charge on any atom is 0.274 e. The molecule has 1 aromatic carbocycles. The number of pyridine rings is 1. The summed E-state index contributed by atoms with van der Waals surface area (Å²) >= 11 is 0. The van der Waals surface area contributed by atoms with Crippen molar-refractivity contribution in [3.63, 3.8) is 0 Å². The zero-order valence-electron chi connectivity index (χ0n) is 18.8. The summed E-state index contributed by atoms with van der Waals surface area (Å²) in [5, 5.41) is 2.85. The van der Waals surface area contributed by atoms with Gasteiger partial charge in [-0.25, -0.2) is 9.97 Å². The van der Waals surface area contributed by atoms with E-state index in [0.29, 0.717) is 36.6 Å². The number of carbonyl (C=O) groups excluding carboxylic acids is 2. The molecule has 0 spiro atoms. The van der Waals surface area contributed by atoms with E-state index >= 15 is 0 Å². The molecule has 170 valence electrons. The lowest BCUT2D eigenvalue weighted by molar-refractivity contribution is -0.0233. The van der Waals surface area contributed by atoms with Crippen LogP contribution in [0.2, 0.25) is 0 Å². The van der Waals surface area contributed by atoms with Crippen molar-refractivity contribution in [2.75, 3.05) is 18.5 Å². The number of hydrogen-bond donors (Lipinski definition) is 1. The summed E-state index contributed by atoms with van der Waals surface area (Å²) in [6.45, 7) is 5.01. The van der Waals surface area contributed by atoms with Crippen molar-refractivity contribution in [2.45, 2.75) is 38.8 Å². The van der Waals surface area contributed by atoms with Gasteiger partial charge in [0.2, 0.25) is 0 Å². The summed E-state index contributed by atoms with van der Waals surface area (Å²) in [5.41, 5.74) is 2.78. The predicted octanol–water partition coefficient (Wildman–Crippen LogP) is 3.81. The fourth-order valence-corrected chi connectivity index (χ4v) is 4.06. The Morgan fingerprint density at radius 1 is 1.12 bits per heavy atom. The van der Waals surface area contributed by atoms with E-state index < -0.39 is 0 Å². The van der Waals surface area contributed by atoms with E-state index in [-0.39, 0.29) is 24.0 Å². The average molecular weight is 446 g/mol. The molecule has 3 aromatic rings. The predicted molar refractivity (Wildman–Crippen MR) is 124 cm³/mol. The summed E-state index contributed by atoms with van der Waals surface area (Å²) < 4.78 is 6.01. The van der Waals surface area contributed by atoms with Crippen molar-refractivity contribution in [1.82, 2.24) is 19.9 Å². The van der Waals surface area contributed by atoms with Crippen LogP contribution in [0.1, 0.15) is 57.8 Å². The third-order valence-corrected chi connectivity index (χ3v) is 5.87. The van der Waals surface area contributed by atoms with Gasteiger partial charge in [-0.1, -0.05) is 18.2 Å². The van der Waals surface area contributed by atoms with Crippen molar-refractivity contribution < 1.29 is 14.3 Å². The van der Waals surface area contributed by atoms with E-state index in [1.54, 1.807) is 24.5 Å². The number of aryl methyl sites for hydroxylation is 1. The molecule has 4 rings (SSSR count). The highest BCUT2D eigenvalue weighted by Gasteiger charge is 2.31. The summed E-state index contributed by atoms with van der Waals surface area (Å²) in [6, 6.07) is 11.2. The Morgan fingerprint density at radius 2 is 1.94 bits per heavy atom. The number of hydrogen-bond acceptors (Lipinski definition) is 6. The normalized spacial score (nSPS) is 17.9. The van der Waals surface area contributed by atoms with Gasteiger partial charge in [-0.2, -0.15) is 0 Å². The molecular weight excluding hydrogens is 418 g/mol. The van der Waals surface area contributed by atoms with Gasteiger partial charge in [0.15, 0.2) is 0 Å². The van der Waals surface area contributed by atoms with Crippen LogP contribution in [0.5, 0.6) is 0 Å². The highest BCUT2D eigenvalue weighted by atomic mass is 16.5. The molecule has 8 heteroatoms.